The fourth-order valence-electron chi connectivity index (χ4n) is 1.14. The topological polar surface area (TPSA) is 75.7 Å². The summed E-state index contributed by atoms with van der Waals surface area (Å²) in [6, 6.07) is -0.444. The molecule has 60 valence electrons. The third-order valence-electron chi connectivity index (χ3n) is 1.87. The summed E-state index contributed by atoms with van der Waals surface area (Å²) in [6.07, 6.45) is -1.30. The molecule has 2 unspecified atom stereocenters. The van der Waals surface area contributed by atoms with E-state index >= 15 is 0 Å². The van der Waals surface area contributed by atoms with Gasteiger partial charge in [0, 0.05) is 0 Å². The van der Waals surface area contributed by atoms with E-state index in [2.05, 4.69) is 0 Å². The van der Waals surface area contributed by atoms with Crippen LogP contribution >= 0.6 is 0 Å². The first-order chi connectivity index (χ1) is 4.66. The van der Waals surface area contributed by atoms with Crippen LogP contribution in [0.5, 0.6) is 0 Å². The van der Waals surface area contributed by atoms with Gasteiger partial charge in [-0.25, -0.2) is 0 Å². The number of aliphatic hydroxyl groups excluding tert-OH is 2. The van der Waals surface area contributed by atoms with Gasteiger partial charge in [0.05, 0.1) is 31.0 Å². The lowest BCUT2D eigenvalue weighted by Gasteiger charge is -2.11. The van der Waals surface area contributed by atoms with Gasteiger partial charge in [0.25, 0.3) is 0 Å². The Hall–Kier alpha value is -0.160. The third kappa shape index (κ3) is 1.15. The van der Waals surface area contributed by atoms with Gasteiger partial charge in [0.2, 0.25) is 0 Å². The predicted octanol–water partition coefficient (Wildman–Crippen LogP) is -1.55. The lowest BCUT2D eigenvalue weighted by molar-refractivity contribution is -0.000140. The minimum atomic E-state index is -0.642. The standard InChI is InChI=1S/C6H13NO3/c1-3-6(9)5(7)4(2-8)10-3/h3-6,8-9H,2,7H2,1H3/t3?,4-,5+,6?/m1/s1. The molecule has 1 saturated heterocycles. The van der Waals surface area contributed by atoms with Crippen molar-refractivity contribution in [2.45, 2.75) is 31.3 Å². The first kappa shape index (κ1) is 7.94. The van der Waals surface area contributed by atoms with Gasteiger partial charge in [0.1, 0.15) is 0 Å². The molecule has 0 aromatic heterocycles. The number of nitrogens with two attached hydrogens (primary N) is 1. The van der Waals surface area contributed by atoms with Crippen molar-refractivity contribution in [2.24, 2.45) is 5.73 Å². The van der Waals surface area contributed by atoms with Crippen LogP contribution in [0.3, 0.4) is 0 Å². The average Bonchev–Trinajstić information content (AvgIpc) is 2.17. The van der Waals surface area contributed by atoms with Crippen molar-refractivity contribution in [1.82, 2.24) is 0 Å². The van der Waals surface area contributed by atoms with Crippen LogP contribution in [0.2, 0.25) is 0 Å². The van der Waals surface area contributed by atoms with Crippen LogP contribution in [0, 0.1) is 0 Å². The summed E-state index contributed by atoms with van der Waals surface area (Å²) in [4.78, 5) is 0. The van der Waals surface area contributed by atoms with Crippen molar-refractivity contribution in [3.8, 4) is 0 Å². The maximum Gasteiger partial charge on any atom is 0.0987 e. The molecule has 0 aliphatic carbocycles. The summed E-state index contributed by atoms with van der Waals surface area (Å²) in [5.41, 5.74) is 5.49. The largest absolute Gasteiger partial charge is 0.394 e. The second-order valence-corrected chi connectivity index (χ2v) is 2.63. The zero-order chi connectivity index (χ0) is 7.72. The highest BCUT2D eigenvalue weighted by Crippen LogP contribution is 2.18. The van der Waals surface area contributed by atoms with Crippen molar-refractivity contribution < 1.29 is 14.9 Å². The van der Waals surface area contributed by atoms with Crippen molar-refractivity contribution in [3.05, 3.63) is 0 Å². The summed E-state index contributed by atoms with van der Waals surface area (Å²) in [5.74, 6) is 0. The molecule has 10 heavy (non-hydrogen) atoms. The normalized spacial score (nSPS) is 48.0. The maximum absolute atomic E-state index is 9.21. The molecule has 1 aliphatic heterocycles. The SMILES string of the molecule is CC1O[C@H](CO)[C@H](N)C1O. The van der Waals surface area contributed by atoms with Gasteiger partial charge in [0.15, 0.2) is 0 Å². The fourth-order valence-corrected chi connectivity index (χ4v) is 1.14. The number of aliphatic hydroxyl groups is 2. The first-order valence-corrected chi connectivity index (χ1v) is 3.36. The van der Waals surface area contributed by atoms with Gasteiger partial charge < -0.3 is 20.7 Å². The van der Waals surface area contributed by atoms with Crippen LogP contribution in [0.25, 0.3) is 0 Å². The van der Waals surface area contributed by atoms with Crippen LogP contribution < -0.4 is 5.73 Å². The molecule has 1 aliphatic rings. The van der Waals surface area contributed by atoms with E-state index in [1.807, 2.05) is 0 Å². The van der Waals surface area contributed by atoms with Gasteiger partial charge in [-0.3, -0.25) is 0 Å². The molecule has 0 saturated carbocycles. The molecular weight excluding hydrogens is 134 g/mol. The lowest BCUT2D eigenvalue weighted by atomic mass is 10.1. The van der Waals surface area contributed by atoms with Gasteiger partial charge in [-0.05, 0) is 6.92 Å². The Kier molecular flexibility index (Phi) is 2.25. The van der Waals surface area contributed by atoms with Crippen molar-refractivity contribution in [3.63, 3.8) is 0 Å². The highest BCUT2D eigenvalue weighted by molar-refractivity contribution is 4.90. The third-order valence-corrected chi connectivity index (χ3v) is 1.87. The van der Waals surface area contributed by atoms with E-state index < -0.39 is 18.2 Å². The Balaban J connectivity index is 2.53. The van der Waals surface area contributed by atoms with E-state index in [0.29, 0.717) is 0 Å². The Labute approximate surface area is 59.6 Å². The highest BCUT2D eigenvalue weighted by Gasteiger charge is 2.38. The van der Waals surface area contributed by atoms with E-state index in [1.165, 1.54) is 0 Å². The van der Waals surface area contributed by atoms with Gasteiger partial charge in [-0.1, -0.05) is 0 Å². The van der Waals surface area contributed by atoms with Crippen molar-refractivity contribution in [2.75, 3.05) is 6.61 Å². The van der Waals surface area contributed by atoms with Crippen molar-refractivity contribution >= 4 is 0 Å². The molecule has 0 radical (unpaired) electrons. The Morgan fingerprint density at radius 2 is 2.20 bits per heavy atom. The molecule has 0 aromatic rings. The van der Waals surface area contributed by atoms with E-state index in [9.17, 15) is 5.11 Å². The Bertz CT molecular complexity index is 120. The van der Waals surface area contributed by atoms with Crippen LogP contribution in [0.15, 0.2) is 0 Å². The highest BCUT2D eigenvalue weighted by atomic mass is 16.5. The van der Waals surface area contributed by atoms with Crippen LogP contribution in [-0.2, 0) is 4.74 Å². The first-order valence-electron chi connectivity index (χ1n) is 3.36. The van der Waals surface area contributed by atoms with Crippen molar-refractivity contribution in [1.29, 1.82) is 0 Å². The smallest absolute Gasteiger partial charge is 0.0987 e. The quantitative estimate of drug-likeness (QED) is 0.420. The number of rotatable bonds is 1. The maximum atomic E-state index is 9.21. The molecule has 1 rings (SSSR count). The average molecular weight is 147 g/mol. The molecule has 0 spiro atoms. The lowest BCUT2D eigenvalue weighted by Crippen LogP contribution is -2.41. The van der Waals surface area contributed by atoms with Gasteiger partial charge >= 0.3 is 0 Å². The molecule has 1 fully saturated rings. The van der Waals surface area contributed by atoms with E-state index in [1.54, 1.807) is 6.92 Å². The van der Waals surface area contributed by atoms with Crippen LogP contribution in [0.1, 0.15) is 6.92 Å². The Morgan fingerprint density at radius 1 is 1.60 bits per heavy atom. The number of hydrogen-bond acceptors (Lipinski definition) is 4. The predicted molar refractivity (Wildman–Crippen MR) is 35.4 cm³/mol. The number of hydrogen-bond donors (Lipinski definition) is 3. The molecule has 4 nitrogen and oxygen atoms in total. The minimum Gasteiger partial charge on any atom is -0.394 e. The fraction of sp³-hybridized carbons (Fsp3) is 1.00. The van der Waals surface area contributed by atoms with E-state index in [0.717, 1.165) is 0 Å². The summed E-state index contributed by atoms with van der Waals surface area (Å²) in [7, 11) is 0. The second-order valence-electron chi connectivity index (χ2n) is 2.63. The molecular formula is C6H13NO3. The van der Waals surface area contributed by atoms with Crippen LogP contribution in [-0.4, -0.2) is 41.2 Å². The minimum absolute atomic E-state index is 0.122. The molecule has 0 bridgehead atoms. The Morgan fingerprint density at radius 3 is 2.40 bits per heavy atom. The zero-order valence-electron chi connectivity index (χ0n) is 5.90. The van der Waals surface area contributed by atoms with E-state index in [4.69, 9.17) is 15.6 Å². The molecule has 0 aromatic carbocycles. The molecule has 0 amide bonds. The second kappa shape index (κ2) is 2.84. The van der Waals surface area contributed by atoms with Gasteiger partial charge in [-0.2, -0.15) is 0 Å². The molecule has 1 heterocycles. The summed E-state index contributed by atoms with van der Waals surface area (Å²) < 4.78 is 5.11. The summed E-state index contributed by atoms with van der Waals surface area (Å²) in [6.45, 7) is 1.61. The molecule has 4 atom stereocenters. The zero-order valence-corrected chi connectivity index (χ0v) is 5.90. The number of ether oxygens (including phenoxy) is 1. The monoisotopic (exact) mass is 147 g/mol. The summed E-state index contributed by atoms with van der Waals surface area (Å²) >= 11 is 0. The van der Waals surface area contributed by atoms with Gasteiger partial charge in [-0.15, -0.1) is 0 Å². The summed E-state index contributed by atoms with van der Waals surface area (Å²) in [5, 5.41) is 17.9. The van der Waals surface area contributed by atoms with Crippen LogP contribution in [0.4, 0.5) is 0 Å². The van der Waals surface area contributed by atoms with E-state index in [-0.39, 0.29) is 12.7 Å². The molecule has 4 N–H and O–H groups in total. The molecule has 4 heteroatoms.